The molecule has 2 aromatic carbocycles. The number of benzene rings is 2. The molecule has 1 aliphatic heterocycles. The van der Waals surface area contributed by atoms with E-state index in [1.807, 2.05) is 6.07 Å². The van der Waals surface area contributed by atoms with Crippen LogP contribution >= 0.6 is 0 Å². The summed E-state index contributed by atoms with van der Waals surface area (Å²) in [6.07, 6.45) is 0. The van der Waals surface area contributed by atoms with E-state index >= 15 is 0 Å². The molecule has 1 amide bonds. The van der Waals surface area contributed by atoms with Crippen LogP contribution in [0.25, 0.3) is 0 Å². The summed E-state index contributed by atoms with van der Waals surface area (Å²) >= 11 is 0. The molecule has 0 aromatic heterocycles. The first-order chi connectivity index (χ1) is 14.3. The van der Waals surface area contributed by atoms with Crippen molar-refractivity contribution in [3.63, 3.8) is 0 Å². The van der Waals surface area contributed by atoms with Crippen molar-refractivity contribution in [3.8, 4) is 0 Å². The van der Waals surface area contributed by atoms with Gasteiger partial charge in [-0.25, -0.2) is 4.79 Å². The number of hydrogen-bond donors (Lipinski definition) is 0. The smallest absolute Gasteiger partial charge is 0.339 e. The predicted molar refractivity (Wildman–Crippen MR) is 111 cm³/mol. The van der Waals surface area contributed by atoms with Crippen molar-refractivity contribution in [2.75, 3.05) is 32.8 Å². The summed E-state index contributed by atoms with van der Waals surface area (Å²) in [6.45, 7) is 6.65. The van der Waals surface area contributed by atoms with Gasteiger partial charge in [0.25, 0.3) is 11.6 Å². The maximum Gasteiger partial charge on any atom is 0.339 e. The number of nitro groups is 1. The first kappa shape index (κ1) is 21.4. The van der Waals surface area contributed by atoms with Crippen LogP contribution in [0.1, 0.15) is 27.0 Å². The summed E-state index contributed by atoms with van der Waals surface area (Å²) in [4.78, 5) is 39.1. The summed E-state index contributed by atoms with van der Waals surface area (Å²) in [5, 5.41) is 11.0. The minimum Gasteiger partial charge on any atom is -0.452 e. The minimum atomic E-state index is -0.734. The topological polar surface area (TPSA) is 93.0 Å². The molecule has 2 aromatic rings. The highest BCUT2D eigenvalue weighted by Crippen LogP contribution is 2.21. The van der Waals surface area contributed by atoms with Crippen molar-refractivity contribution in [1.82, 2.24) is 9.80 Å². The fourth-order valence-corrected chi connectivity index (χ4v) is 3.56. The third-order valence-electron chi connectivity index (χ3n) is 5.26. The second kappa shape index (κ2) is 9.49. The largest absolute Gasteiger partial charge is 0.452 e. The van der Waals surface area contributed by atoms with Gasteiger partial charge in [0.15, 0.2) is 6.61 Å². The summed E-state index contributed by atoms with van der Waals surface area (Å²) in [5.74, 6) is -0.996. The average molecular weight is 411 g/mol. The number of nitrogens with zero attached hydrogens (tertiary/aromatic N) is 3. The second-order valence-electron chi connectivity index (χ2n) is 7.43. The van der Waals surface area contributed by atoms with Crippen molar-refractivity contribution >= 4 is 17.6 Å². The monoisotopic (exact) mass is 411 g/mol. The van der Waals surface area contributed by atoms with Gasteiger partial charge in [-0.1, -0.05) is 35.9 Å². The summed E-state index contributed by atoms with van der Waals surface area (Å²) in [5.41, 5.74) is 2.64. The summed E-state index contributed by atoms with van der Waals surface area (Å²) < 4.78 is 5.13. The average Bonchev–Trinajstić information content (AvgIpc) is 2.72. The molecule has 1 heterocycles. The van der Waals surface area contributed by atoms with E-state index in [4.69, 9.17) is 4.74 Å². The number of nitro benzene ring substituents is 1. The van der Waals surface area contributed by atoms with Crippen LogP contribution in [0.5, 0.6) is 0 Å². The van der Waals surface area contributed by atoms with Gasteiger partial charge in [-0.2, -0.15) is 0 Å². The van der Waals surface area contributed by atoms with Gasteiger partial charge < -0.3 is 9.64 Å². The third-order valence-corrected chi connectivity index (χ3v) is 5.26. The Kier molecular flexibility index (Phi) is 6.79. The second-order valence-corrected chi connectivity index (χ2v) is 7.43. The van der Waals surface area contributed by atoms with Gasteiger partial charge >= 0.3 is 5.97 Å². The Morgan fingerprint density at radius 2 is 1.77 bits per heavy atom. The normalized spacial score (nSPS) is 14.4. The molecule has 30 heavy (non-hydrogen) atoms. The Bertz CT molecular complexity index is 952. The molecule has 1 saturated heterocycles. The molecule has 1 fully saturated rings. The molecule has 3 rings (SSSR count). The molecular formula is C22H25N3O5. The van der Waals surface area contributed by atoms with Crippen LogP contribution in [0.2, 0.25) is 0 Å². The van der Waals surface area contributed by atoms with E-state index < -0.39 is 10.9 Å². The van der Waals surface area contributed by atoms with E-state index in [9.17, 15) is 19.7 Å². The van der Waals surface area contributed by atoms with Crippen molar-refractivity contribution < 1.29 is 19.2 Å². The molecule has 0 bridgehead atoms. The van der Waals surface area contributed by atoms with E-state index in [2.05, 4.69) is 30.0 Å². The molecule has 0 aliphatic carbocycles. The fraction of sp³-hybridized carbons (Fsp3) is 0.364. The lowest BCUT2D eigenvalue weighted by atomic mass is 10.1. The fourth-order valence-electron chi connectivity index (χ4n) is 3.56. The molecule has 0 saturated carbocycles. The molecule has 1 aliphatic rings. The number of ether oxygens (including phenoxy) is 1. The van der Waals surface area contributed by atoms with Gasteiger partial charge in [-0.15, -0.1) is 0 Å². The van der Waals surface area contributed by atoms with Crippen molar-refractivity contribution in [2.24, 2.45) is 0 Å². The first-order valence-corrected chi connectivity index (χ1v) is 9.82. The first-order valence-electron chi connectivity index (χ1n) is 9.82. The molecule has 0 N–H and O–H groups in total. The number of rotatable bonds is 6. The van der Waals surface area contributed by atoms with Crippen LogP contribution in [0.15, 0.2) is 42.5 Å². The molecule has 0 spiro atoms. The van der Waals surface area contributed by atoms with Crippen LogP contribution in [-0.4, -0.2) is 59.4 Å². The van der Waals surface area contributed by atoms with Crippen LogP contribution in [0.3, 0.4) is 0 Å². The zero-order chi connectivity index (χ0) is 21.7. The SMILES string of the molecule is Cc1cccc(CN2CCN(C(=O)COC(=O)c3cccc([N+](=O)[O-])c3C)CC2)c1. The number of aryl methyl sites for hydroxylation is 1. The zero-order valence-electron chi connectivity index (χ0n) is 17.2. The Labute approximate surface area is 175 Å². The van der Waals surface area contributed by atoms with Gasteiger partial charge in [0.2, 0.25) is 0 Å². The van der Waals surface area contributed by atoms with E-state index in [1.54, 1.807) is 4.90 Å². The summed E-state index contributed by atoms with van der Waals surface area (Å²) in [6, 6.07) is 12.6. The predicted octanol–water partition coefficient (Wildman–Crippen LogP) is 2.71. The number of hydrogen-bond acceptors (Lipinski definition) is 6. The van der Waals surface area contributed by atoms with E-state index in [0.29, 0.717) is 13.1 Å². The Balaban J connectivity index is 1.49. The number of piperazine rings is 1. The highest BCUT2D eigenvalue weighted by atomic mass is 16.6. The lowest BCUT2D eigenvalue weighted by Gasteiger charge is -2.34. The summed E-state index contributed by atoms with van der Waals surface area (Å²) in [7, 11) is 0. The van der Waals surface area contributed by atoms with Crippen LogP contribution in [-0.2, 0) is 16.1 Å². The van der Waals surface area contributed by atoms with E-state index in [0.717, 1.165) is 19.6 Å². The van der Waals surface area contributed by atoms with Crippen LogP contribution < -0.4 is 0 Å². The van der Waals surface area contributed by atoms with Crippen LogP contribution in [0.4, 0.5) is 5.69 Å². The van der Waals surface area contributed by atoms with E-state index in [-0.39, 0.29) is 29.3 Å². The molecular weight excluding hydrogens is 386 g/mol. The highest BCUT2D eigenvalue weighted by Gasteiger charge is 2.24. The van der Waals surface area contributed by atoms with E-state index in [1.165, 1.54) is 36.2 Å². The maximum absolute atomic E-state index is 12.4. The van der Waals surface area contributed by atoms with Crippen molar-refractivity contribution in [1.29, 1.82) is 0 Å². The molecule has 0 atom stereocenters. The molecule has 8 heteroatoms. The Morgan fingerprint density at radius 3 is 2.43 bits per heavy atom. The highest BCUT2D eigenvalue weighted by molar-refractivity contribution is 5.93. The third kappa shape index (κ3) is 5.21. The standard InChI is InChI=1S/C22H25N3O5/c1-16-5-3-6-18(13-16)14-23-9-11-24(12-10-23)21(26)15-30-22(27)19-7-4-8-20(17(19)2)25(28)29/h3-8,13H,9-12,14-15H2,1-2H3. The van der Waals surface area contributed by atoms with Crippen molar-refractivity contribution in [2.45, 2.75) is 20.4 Å². The van der Waals surface area contributed by atoms with Crippen molar-refractivity contribution in [3.05, 3.63) is 74.8 Å². The molecule has 8 nitrogen and oxygen atoms in total. The number of esters is 1. The lowest BCUT2D eigenvalue weighted by molar-refractivity contribution is -0.385. The van der Waals surface area contributed by atoms with Gasteiger partial charge in [0, 0.05) is 44.4 Å². The van der Waals surface area contributed by atoms with Gasteiger partial charge in [0.05, 0.1) is 10.5 Å². The number of carbonyl (C=O) groups is 2. The molecule has 0 radical (unpaired) electrons. The Hall–Kier alpha value is -3.26. The molecule has 0 unspecified atom stereocenters. The maximum atomic E-state index is 12.4. The van der Waals surface area contributed by atoms with Crippen LogP contribution in [0, 0.1) is 24.0 Å². The molecule has 158 valence electrons. The van der Waals surface area contributed by atoms with Gasteiger partial charge in [-0.3, -0.25) is 19.8 Å². The number of amides is 1. The number of carbonyl (C=O) groups excluding carboxylic acids is 2. The zero-order valence-corrected chi connectivity index (χ0v) is 17.2. The Morgan fingerprint density at radius 1 is 1.07 bits per heavy atom. The quantitative estimate of drug-likeness (QED) is 0.412. The van der Waals surface area contributed by atoms with Gasteiger partial charge in [-0.05, 0) is 25.5 Å². The minimum absolute atomic E-state index is 0.0972. The lowest BCUT2D eigenvalue weighted by Crippen LogP contribution is -2.49. The van der Waals surface area contributed by atoms with Gasteiger partial charge in [0.1, 0.15) is 0 Å².